The summed E-state index contributed by atoms with van der Waals surface area (Å²) in [7, 11) is -19.9. The molecule has 8 rings (SSSR count). The quantitative estimate of drug-likeness (QED) is 0.00394. The third-order valence-electron chi connectivity index (χ3n) is 13.3. The van der Waals surface area contributed by atoms with E-state index in [-0.39, 0.29) is 112 Å². The molecule has 0 fully saturated rings. The molecule has 2 amide bonds. The van der Waals surface area contributed by atoms with E-state index in [1.807, 2.05) is 0 Å². The number of fused-ring (bicyclic) bond motifs is 2. The van der Waals surface area contributed by atoms with Crippen LogP contribution in [0.4, 0.5) is 79.6 Å². The van der Waals surface area contributed by atoms with Crippen LogP contribution in [0.5, 0.6) is 11.5 Å². The number of carbonyl (C=O) groups is 3. The third kappa shape index (κ3) is 26.6. The van der Waals surface area contributed by atoms with Crippen molar-refractivity contribution in [3.63, 3.8) is 0 Å². The molecule has 20 N–H and O–H groups in total. The Hall–Kier alpha value is -9.10. The number of aromatic hydroxyl groups is 2. The van der Waals surface area contributed by atoms with E-state index < -0.39 is 129 Å². The van der Waals surface area contributed by atoms with Crippen molar-refractivity contribution in [1.29, 1.82) is 0 Å². The van der Waals surface area contributed by atoms with Gasteiger partial charge in [0.25, 0.3) is 40.5 Å². The van der Waals surface area contributed by atoms with Crippen LogP contribution >= 0.6 is 59.8 Å². The number of azo groups is 4. The largest absolute Gasteiger partial charge is 0.505 e. The summed E-state index contributed by atoms with van der Waals surface area (Å²) in [5.41, 5.74) is 19.8. The zero-order valence-corrected chi connectivity index (χ0v) is 63.4. The number of phenolic OH excluding ortho intramolecular Hbond substituents is 2. The first-order chi connectivity index (χ1) is 51.2. The molecule has 110 heavy (non-hydrogen) atoms. The summed E-state index contributed by atoms with van der Waals surface area (Å²) < 4.78 is 155. The first-order valence-corrected chi connectivity index (χ1v) is 38.2. The highest BCUT2D eigenvalue weighted by atomic mass is 35.5. The van der Waals surface area contributed by atoms with Crippen molar-refractivity contribution in [3.05, 3.63) is 97.1 Å². The number of phenols is 2. The molecule has 53 heteroatoms. The van der Waals surface area contributed by atoms with Crippen molar-refractivity contribution < 1.29 is 135 Å². The number of anilines is 6. The highest BCUT2D eigenvalue weighted by Crippen LogP contribution is 2.53. The fourth-order valence-electron chi connectivity index (χ4n) is 8.79. The smallest absolute Gasteiger partial charge is 0.296 e. The second kappa shape index (κ2) is 42.3. The summed E-state index contributed by atoms with van der Waals surface area (Å²) in [5.74, 6) is -2.68. The van der Waals surface area contributed by atoms with Crippen molar-refractivity contribution in [2.24, 2.45) is 40.9 Å². The monoisotopic (exact) mass is 1710 g/mol. The van der Waals surface area contributed by atoms with Gasteiger partial charge in [0.1, 0.15) is 65.1 Å². The standard InChI is InChI=1S/C26H23N7O15S4.C22H19N7O13S4.C6H15N.C2H3ClO.CH4/c1-11(34)28-14-3-5-18(49-47-45-37)16(9-14)30-33-25-21(52(42,43)44)8-13-7-19(50-48-46-38)24(26(36)22(13)23(25)27)32-31-17-10-15(29-12(2)35)4-6-20(17)51(39,40)41;23-10-1-3-14(43-41-39-31)12(7-10)26-29-21-17(46(36,37)38)6-9-5-15(44-42-40-32)20(22(30)18(9)19(21)25)28-27-13-8-11(24)2-4-16(13)45(33,34)35;1-4-7(5-2)6-3;1-2(3)4;/h3-10,36-38H,27H2,1-2H3,(H,28,34)(H,29,35)(H,39,40,41)(H,42,43,44);1-8,30-32H,23-25H2,(H,33,34,35)(H,36,37,38);4-6H2,1-3H3;1H3;1H4. The number of nitrogens with zero attached hydrogens (tertiary/aromatic N) is 9. The summed E-state index contributed by atoms with van der Waals surface area (Å²) >= 11 is 5.98. The summed E-state index contributed by atoms with van der Waals surface area (Å²) in [5, 5.41) is 106. The molecule has 0 aliphatic carbocycles. The SMILES string of the molecule is C.CC(=O)Cl.CC(=O)Nc1ccc(SOOO)c(N=Nc2c(S(=O)(=O)O)cc3cc(SOOO)c(N=Nc4cc(NC(C)=O)ccc4S(=O)(=O)O)c(O)c3c2N)c1.CCN(CC)CC.Nc1ccc(SOOO)c(N=Nc2c(S(=O)(=O)O)cc3cc(SOOO)c(N=Nc4cc(N)ccc4S(=O)(=O)O)c(O)c3c2N)c1. The van der Waals surface area contributed by atoms with Crippen LogP contribution in [0.1, 0.15) is 49.0 Å². The maximum Gasteiger partial charge on any atom is 0.296 e. The van der Waals surface area contributed by atoms with Crippen molar-refractivity contribution in [2.75, 3.05) is 53.2 Å². The number of nitrogens with one attached hydrogen (secondary N) is 2. The number of benzene rings is 8. The molecule has 0 aromatic heterocycles. The highest BCUT2D eigenvalue weighted by molar-refractivity contribution is 7.95. The van der Waals surface area contributed by atoms with E-state index in [0.29, 0.717) is 24.1 Å². The zero-order chi connectivity index (χ0) is 81.5. The Bertz CT molecular complexity index is 5300. The van der Waals surface area contributed by atoms with Gasteiger partial charge in [0.15, 0.2) is 11.5 Å². The van der Waals surface area contributed by atoms with Crippen LogP contribution in [0, 0.1) is 0 Å². The molecule has 0 bridgehead atoms. The first-order valence-electron chi connectivity index (χ1n) is 29.1. The molecule has 0 atom stereocenters. The Balaban J connectivity index is 0.000000407. The lowest BCUT2D eigenvalue weighted by molar-refractivity contribution is -0.432. The minimum atomic E-state index is -5.14. The van der Waals surface area contributed by atoms with Crippen molar-refractivity contribution >= 4 is 218 Å². The molecule has 0 radical (unpaired) electrons. The molecule has 0 unspecified atom stereocenters. The van der Waals surface area contributed by atoms with Crippen LogP contribution in [-0.2, 0) is 92.3 Å². The average molecular weight is 1720 g/mol. The number of nitrogens with two attached hydrogens (primary N) is 4. The molecule has 8 aromatic carbocycles. The molecule has 44 nitrogen and oxygen atoms in total. The van der Waals surface area contributed by atoms with Crippen LogP contribution in [0.15, 0.2) is 177 Å². The fourth-order valence-corrected chi connectivity index (χ4v) is 13.2. The number of hydrogen-bond acceptors (Lipinski definition) is 42. The van der Waals surface area contributed by atoms with Gasteiger partial charge in [-0.3, -0.25) is 32.6 Å². The third-order valence-corrected chi connectivity index (χ3v) is 19.3. The van der Waals surface area contributed by atoms with E-state index in [1.165, 1.54) is 82.9 Å². The molecule has 0 heterocycles. The Morgan fingerprint density at radius 1 is 0.427 bits per heavy atom. The van der Waals surface area contributed by atoms with Gasteiger partial charge in [-0.15, -0.1) is 58.2 Å². The zero-order valence-electron chi connectivity index (χ0n) is 56.1. The molecule has 596 valence electrons. The summed E-state index contributed by atoms with van der Waals surface area (Å²) in [4.78, 5) is 31.3. The minimum Gasteiger partial charge on any atom is -0.505 e. The van der Waals surface area contributed by atoms with Gasteiger partial charge in [-0.05, 0) is 139 Å². The molecule has 0 saturated carbocycles. The summed E-state index contributed by atoms with van der Waals surface area (Å²) in [6.07, 6.45) is 0. The Labute approximate surface area is 645 Å². The van der Waals surface area contributed by atoms with E-state index in [0.717, 1.165) is 54.6 Å². The van der Waals surface area contributed by atoms with E-state index in [1.54, 1.807) is 0 Å². The molecular formula is C57H64ClN15O29S8. The van der Waals surface area contributed by atoms with Crippen molar-refractivity contribution in [1.82, 2.24) is 4.90 Å². The van der Waals surface area contributed by atoms with E-state index in [9.17, 15) is 76.5 Å². The number of rotatable bonds is 29. The molecule has 0 spiro atoms. The normalized spacial score (nSPS) is 11.9. The van der Waals surface area contributed by atoms with Gasteiger partial charge in [0, 0.05) is 43.5 Å². The van der Waals surface area contributed by atoms with E-state index in [2.05, 4.69) is 126 Å². The number of amides is 2. The van der Waals surface area contributed by atoms with Gasteiger partial charge >= 0.3 is 0 Å². The van der Waals surface area contributed by atoms with Crippen LogP contribution < -0.4 is 33.6 Å². The number of hydrogen-bond donors (Lipinski definition) is 16. The maximum atomic E-state index is 12.5. The lowest BCUT2D eigenvalue weighted by Crippen LogP contribution is -2.21. The fraction of sp³-hybridized carbons (Fsp3) is 0.175. The Morgan fingerprint density at radius 2 is 0.718 bits per heavy atom. The number of carbonyl (C=O) groups excluding carboxylic acids is 3. The van der Waals surface area contributed by atoms with Gasteiger partial charge < -0.3 is 48.7 Å². The highest BCUT2D eigenvalue weighted by Gasteiger charge is 2.29. The van der Waals surface area contributed by atoms with E-state index in [4.69, 9.17) is 44.0 Å². The number of halogens is 1. The topological polar surface area (TPSA) is 694 Å². The lowest BCUT2D eigenvalue weighted by atomic mass is 10.1. The Morgan fingerprint density at radius 3 is 1.06 bits per heavy atom. The van der Waals surface area contributed by atoms with Gasteiger partial charge in [0.2, 0.25) is 17.1 Å². The predicted molar refractivity (Wildman–Crippen MR) is 399 cm³/mol. The molecule has 0 aliphatic rings. The second-order valence-electron chi connectivity index (χ2n) is 20.5. The van der Waals surface area contributed by atoms with E-state index >= 15 is 0 Å². The van der Waals surface area contributed by atoms with Crippen LogP contribution in [0.25, 0.3) is 21.5 Å². The molecular weight excluding hydrogens is 1650 g/mol. The van der Waals surface area contributed by atoms with Crippen LogP contribution in [0.3, 0.4) is 0 Å². The first kappa shape index (κ1) is 93.3. The molecule has 0 aliphatic heterocycles. The molecule has 0 saturated heterocycles. The van der Waals surface area contributed by atoms with Gasteiger partial charge in [0.05, 0.1) is 89.9 Å². The minimum absolute atomic E-state index is 0. The second-order valence-corrected chi connectivity index (χ2v) is 29.6. The Kier molecular flexibility index (Phi) is 35.9. The van der Waals surface area contributed by atoms with Crippen molar-refractivity contribution in [2.45, 2.75) is 88.1 Å². The average Bonchev–Trinajstić information content (AvgIpc) is 0.751. The maximum absolute atomic E-state index is 12.5. The van der Waals surface area contributed by atoms with Crippen LogP contribution in [0.2, 0.25) is 0 Å². The van der Waals surface area contributed by atoms with Crippen molar-refractivity contribution in [3.8, 4) is 11.5 Å². The summed E-state index contributed by atoms with van der Waals surface area (Å²) in [6, 6.07) is 18.4. The van der Waals surface area contributed by atoms with Crippen LogP contribution in [-0.4, -0.2) is 125 Å². The lowest BCUT2D eigenvalue weighted by Gasteiger charge is -2.14. The van der Waals surface area contributed by atoms with Gasteiger partial charge in [-0.25, -0.2) is 21.0 Å². The predicted octanol–water partition coefficient (Wildman–Crippen LogP) is 14.5. The van der Waals surface area contributed by atoms with Gasteiger partial charge in [-0.1, -0.05) is 48.4 Å². The number of nitrogen functional groups attached to an aromatic ring is 4. The summed E-state index contributed by atoms with van der Waals surface area (Å²) in [6.45, 7) is 13.8. The molecule has 8 aromatic rings. The van der Waals surface area contributed by atoms with Gasteiger partial charge in [-0.2, -0.15) is 33.7 Å².